The SMILES string of the molecule is CN(C)C(=O)COc1ccc(NC(=O)c2cc(=O)c3ccccc3o2)cc1. The van der Waals surface area contributed by atoms with Gasteiger partial charge in [-0.3, -0.25) is 14.4 Å². The summed E-state index contributed by atoms with van der Waals surface area (Å²) in [5.41, 5.74) is 0.572. The molecule has 27 heavy (non-hydrogen) atoms. The first-order valence-electron chi connectivity index (χ1n) is 8.21. The summed E-state index contributed by atoms with van der Waals surface area (Å²) >= 11 is 0. The van der Waals surface area contributed by atoms with E-state index in [4.69, 9.17) is 9.15 Å². The van der Waals surface area contributed by atoms with Crippen LogP contribution in [0.1, 0.15) is 10.6 Å². The van der Waals surface area contributed by atoms with Gasteiger partial charge in [-0.15, -0.1) is 0 Å². The van der Waals surface area contributed by atoms with Gasteiger partial charge in [0, 0.05) is 25.8 Å². The van der Waals surface area contributed by atoms with Crippen LogP contribution in [-0.4, -0.2) is 37.4 Å². The van der Waals surface area contributed by atoms with Crippen molar-refractivity contribution in [2.45, 2.75) is 0 Å². The Morgan fingerprint density at radius 3 is 2.48 bits per heavy atom. The molecule has 7 heteroatoms. The Bertz CT molecular complexity index is 1040. The fourth-order valence-corrected chi connectivity index (χ4v) is 2.32. The van der Waals surface area contributed by atoms with Gasteiger partial charge in [-0.2, -0.15) is 0 Å². The first kappa shape index (κ1) is 18.2. The highest BCUT2D eigenvalue weighted by molar-refractivity contribution is 6.03. The van der Waals surface area contributed by atoms with Gasteiger partial charge in [0.1, 0.15) is 11.3 Å². The first-order chi connectivity index (χ1) is 12.9. The van der Waals surface area contributed by atoms with Crippen LogP contribution in [0.25, 0.3) is 11.0 Å². The van der Waals surface area contributed by atoms with Crippen LogP contribution in [0.5, 0.6) is 5.75 Å². The van der Waals surface area contributed by atoms with E-state index < -0.39 is 5.91 Å². The highest BCUT2D eigenvalue weighted by Gasteiger charge is 2.12. The number of nitrogens with zero attached hydrogens (tertiary/aromatic N) is 1. The van der Waals surface area contributed by atoms with Crippen molar-refractivity contribution in [1.29, 1.82) is 0 Å². The standard InChI is InChI=1S/C20H18N2O5/c1-22(2)19(24)12-26-14-9-7-13(8-10-14)21-20(25)18-11-16(23)15-5-3-4-6-17(15)27-18/h3-11H,12H2,1-2H3,(H,21,25). The number of hydrogen-bond acceptors (Lipinski definition) is 5. The van der Waals surface area contributed by atoms with Gasteiger partial charge < -0.3 is 19.4 Å². The quantitative estimate of drug-likeness (QED) is 0.749. The van der Waals surface area contributed by atoms with Crippen molar-refractivity contribution in [3.8, 4) is 5.75 Å². The molecule has 0 unspecified atom stereocenters. The van der Waals surface area contributed by atoms with Gasteiger partial charge in [-0.1, -0.05) is 12.1 Å². The Labute approximate surface area is 155 Å². The predicted octanol–water partition coefficient (Wildman–Crippen LogP) is 2.51. The lowest BCUT2D eigenvalue weighted by molar-refractivity contribution is -0.130. The van der Waals surface area contributed by atoms with E-state index in [9.17, 15) is 14.4 Å². The van der Waals surface area contributed by atoms with Gasteiger partial charge in [-0.05, 0) is 36.4 Å². The van der Waals surface area contributed by atoms with E-state index in [-0.39, 0.29) is 23.7 Å². The number of anilines is 1. The second-order valence-corrected chi connectivity index (χ2v) is 6.03. The van der Waals surface area contributed by atoms with E-state index in [0.29, 0.717) is 22.4 Å². The third-order valence-corrected chi connectivity index (χ3v) is 3.83. The molecule has 7 nitrogen and oxygen atoms in total. The molecule has 0 fully saturated rings. The van der Waals surface area contributed by atoms with Crippen molar-refractivity contribution in [2.24, 2.45) is 0 Å². The van der Waals surface area contributed by atoms with Gasteiger partial charge >= 0.3 is 0 Å². The molecule has 2 amide bonds. The van der Waals surface area contributed by atoms with E-state index in [1.807, 2.05) is 0 Å². The Morgan fingerprint density at radius 2 is 1.78 bits per heavy atom. The number of carbonyl (C=O) groups excluding carboxylic acids is 2. The predicted molar refractivity (Wildman–Crippen MR) is 101 cm³/mol. The Hall–Kier alpha value is -3.61. The van der Waals surface area contributed by atoms with E-state index in [0.717, 1.165) is 0 Å². The van der Waals surface area contributed by atoms with Crippen molar-refractivity contribution < 1.29 is 18.7 Å². The van der Waals surface area contributed by atoms with Crippen LogP contribution in [0, 0.1) is 0 Å². The second-order valence-electron chi connectivity index (χ2n) is 6.03. The summed E-state index contributed by atoms with van der Waals surface area (Å²) in [5.74, 6) is -0.260. The number of fused-ring (bicyclic) bond motifs is 1. The zero-order chi connectivity index (χ0) is 19.4. The number of hydrogen-bond donors (Lipinski definition) is 1. The molecule has 138 valence electrons. The lowest BCUT2D eigenvalue weighted by Gasteiger charge is -2.11. The van der Waals surface area contributed by atoms with Crippen molar-refractivity contribution >= 4 is 28.5 Å². The highest BCUT2D eigenvalue weighted by Crippen LogP contribution is 2.17. The maximum Gasteiger partial charge on any atom is 0.291 e. The molecule has 2 aromatic carbocycles. The minimum Gasteiger partial charge on any atom is -0.484 e. The van der Waals surface area contributed by atoms with E-state index in [2.05, 4.69) is 5.32 Å². The number of carbonyl (C=O) groups is 2. The molecule has 0 saturated heterocycles. The van der Waals surface area contributed by atoms with Crippen molar-refractivity contribution in [3.63, 3.8) is 0 Å². The van der Waals surface area contributed by atoms with Gasteiger partial charge in [0.2, 0.25) is 0 Å². The molecule has 0 aliphatic carbocycles. The number of benzene rings is 2. The average Bonchev–Trinajstić information content (AvgIpc) is 2.67. The highest BCUT2D eigenvalue weighted by atomic mass is 16.5. The molecule has 0 spiro atoms. The first-order valence-corrected chi connectivity index (χ1v) is 8.21. The smallest absolute Gasteiger partial charge is 0.291 e. The third kappa shape index (κ3) is 4.33. The average molecular weight is 366 g/mol. The van der Waals surface area contributed by atoms with E-state index in [1.54, 1.807) is 62.6 Å². The van der Waals surface area contributed by atoms with Gasteiger partial charge in [0.25, 0.3) is 11.8 Å². The van der Waals surface area contributed by atoms with Gasteiger partial charge in [0.05, 0.1) is 5.39 Å². The zero-order valence-electron chi connectivity index (χ0n) is 14.9. The molecule has 0 aliphatic rings. The summed E-state index contributed by atoms with van der Waals surface area (Å²) in [7, 11) is 3.30. The molecule has 3 aromatic rings. The van der Waals surface area contributed by atoms with Crippen LogP contribution in [0.15, 0.2) is 63.8 Å². The summed E-state index contributed by atoms with van der Waals surface area (Å²) in [6, 6.07) is 14.4. The van der Waals surface area contributed by atoms with Gasteiger partial charge in [-0.25, -0.2) is 0 Å². The van der Waals surface area contributed by atoms with Crippen LogP contribution < -0.4 is 15.5 Å². The number of ether oxygens (including phenoxy) is 1. The topological polar surface area (TPSA) is 88.9 Å². The fraction of sp³-hybridized carbons (Fsp3) is 0.150. The molecule has 0 saturated carbocycles. The zero-order valence-corrected chi connectivity index (χ0v) is 14.9. The van der Waals surface area contributed by atoms with Crippen LogP contribution in [0.4, 0.5) is 5.69 Å². The molecular weight excluding hydrogens is 348 g/mol. The second kappa shape index (κ2) is 7.74. The summed E-state index contributed by atoms with van der Waals surface area (Å²) < 4.78 is 10.9. The molecule has 0 atom stereocenters. The maximum absolute atomic E-state index is 12.4. The minimum absolute atomic E-state index is 0.0685. The Kier molecular flexibility index (Phi) is 5.21. The van der Waals surface area contributed by atoms with E-state index >= 15 is 0 Å². The van der Waals surface area contributed by atoms with Crippen LogP contribution in [-0.2, 0) is 4.79 Å². The summed E-state index contributed by atoms with van der Waals surface area (Å²) in [4.78, 5) is 37.4. The van der Waals surface area contributed by atoms with Gasteiger partial charge in [0.15, 0.2) is 17.8 Å². The largest absolute Gasteiger partial charge is 0.484 e. The number of para-hydroxylation sites is 1. The minimum atomic E-state index is -0.533. The number of rotatable bonds is 5. The number of amides is 2. The van der Waals surface area contributed by atoms with Crippen LogP contribution in [0.3, 0.4) is 0 Å². The number of nitrogens with one attached hydrogen (secondary N) is 1. The molecule has 0 bridgehead atoms. The monoisotopic (exact) mass is 366 g/mol. The molecule has 1 heterocycles. The summed E-state index contributed by atoms with van der Waals surface area (Å²) in [6.45, 7) is -0.0685. The lowest BCUT2D eigenvalue weighted by Crippen LogP contribution is -2.27. The molecule has 1 aromatic heterocycles. The van der Waals surface area contributed by atoms with Crippen LogP contribution >= 0.6 is 0 Å². The number of likely N-dealkylation sites (N-methyl/N-ethyl adjacent to an activating group) is 1. The third-order valence-electron chi connectivity index (χ3n) is 3.83. The molecule has 0 radical (unpaired) electrons. The summed E-state index contributed by atoms with van der Waals surface area (Å²) in [5, 5.41) is 3.08. The van der Waals surface area contributed by atoms with E-state index in [1.165, 1.54) is 11.0 Å². The molecular formula is C20H18N2O5. The van der Waals surface area contributed by atoms with Crippen molar-refractivity contribution in [1.82, 2.24) is 4.90 Å². The Balaban J connectivity index is 1.69. The molecule has 3 rings (SSSR count). The lowest BCUT2D eigenvalue weighted by atomic mass is 10.2. The van der Waals surface area contributed by atoms with Crippen LogP contribution in [0.2, 0.25) is 0 Å². The maximum atomic E-state index is 12.4. The summed E-state index contributed by atoms with van der Waals surface area (Å²) in [6.07, 6.45) is 0. The van der Waals surface area contributed by atoms with Crippen molar-refractivity contribution in [3.05, 3.63) is 70.6 Å². The molecule has 0 aliphatic heterocycles. The van der Waals surface area contributed by atoms with Crippen molar-refractivity contribution in [2.75, 3.05) is 26.0 Å². The fourth-order valence-electron chi connectivity index (χ4n) is 2.32. The molecule has 1 N–H and O–H groups in total. The Morgan fingerprint density at radius 1 is 1.07 bits per heavy atom. The normalized spacial score (nSPS) is 10.4.